The summed E-state index contributed by atoms with van der Waals surface area (Å²) >= 11 is 0. The van der Waals surface area contributed by atoms with Gasteiger partial charge in [0.05, 0.1) is 13.2 Å². The van der Waals surface area contributed by atoms with E-state index < -0.39 is 5.91 Å². The van der Waals surface area contributed by atoms with E-state index in [2.05, 4.69) is 5.32 Å². The highest BCUT2D eigenvalue weighted by molar-refractivity contribution is 5.97. The average molecular weight is 312 g/mol. The summed E-state index contributed by atoms with van der Waals surface area (Å²) in [6, 6.07) is 11.8. The lowest BCUT2D eigenvalue weighted by Crippen LogP contribution is -2.27. The smallest absolute Gasteiger partial charge is 0.251 e. The Morgan fingerprint density at radius 3 is 2.26 bits per heavy atom. The van der Waals surface area contributed by atoms with Gasteiger partial charge in [-0.05, 0) is 44.2 Å². The Morgan fingerprint density at radius 2 is 1.70 bits per heavy atom. The summed E-state index contributed by atoms with van der Waals surface area (Å²) in [4.78, 5) is 23.4. The summed E-state index contributed by atoms with van der Waals surface area (Å²) in [5, 5.41) is 2.93. The van der Waals surface area contributed by atoms with Crippen LogP contribution in [0.5, 0.6) is 5.75 Å². The highest BCUT2D eigenvalue weighted by Gasteiger charge is 2.15. The van der Waals surface area contributed by atoms with Gasteiger partial charge in [0.2, 0.25) is 5.91 Å². The molecular formula is C18H20N2O3. The van der Waals surface area contributed by atoms with Gasteiger partial charge >= 0.3 is 0 Å². The first-order chi connectivity index (χ1) is 10.9. The number of nitrogens with one attached hydrogen (secondary N) is 1. The second kappa shape index (κ2) is 6.96. The number of hydrogen-bond donors (Lipinski definition) is 2. The third-order valence-corrected chi connectivity index (χ3v) is 3.63. The van der Waals surface area contributed by atoms with Crippen molar-refractivity contribution >= 4 is 11.8 Å². The molecule has 0 aliphatic carbocycles. The van der Waals surface area contributed by atoms with Crippen LogP contribution in [0.25, 0.3) is 0 Å². The normalized spacial score (nSPS) is 11.6. The van der Waals surface area contributed by atoms with Gasteiger partial charge in [-0.25, -0.2) is 0 Å². The molecule has 1 atom stereocenters. The Kier molecular flexibility index (Phi) is 5.01. The lowest BCUT2D eigenvalue weighted by Gasteiger charge is -2.18. The van der Waals surface area contributed by atoms with Crippen LogP contribution in [0.4, 0.5) is 0 Å². The third-order valence-electron chi connectivity index (χ3n) is 3.63. The average Bonchev–Trinajstić information content (AvgIpc) is 2.54. The summed E-state index contributed by atoms with van der Waals surface area (Å²) < 4.78 is 5.35. The van der Waals surface area contributed by atoms with E-state index in [1.165, 1.54) is 12.1 Å². The van der Waals surface area contributed by atoms with Crippen molar-refractivity contribution in [2.75, 3.05) is 7.11 Å². The summed E-state index contributed by atoms with van der Waals surface area (Å²) in [7, 11) is 1.60. The van der Waals surface area contributed by atoms with Gasteiger partial charge in [0.1, 0.15) is 5.75 Å². The third kappa shape index (κ3) is 3.88. The van der Waals surface area contributed by atoms with Crippen LogP contribution in [-0.2, 0) is 0 Å². The summed E-state index contributed by atoms with van der Waals surface area (Å²) in [6.45, 7) is 3.88. The number of nitrogens with two attached hydrogens (primary N) is 1. The van der Waals surface area contributed by atoms with E-state index in [4.69, 9.17) is 10.5 Å². The molecule has 5 heteroatoms. The molecule has 0 fully saturated rings. The highest BCUT2D eigenvalue weighted by atomic mass is 16.5. The number of rotatable bonds is 5. The van der Waals surface area contributed by atoms with Gasteiger partial charge in [0.15, 0.2) is 0 Å². The van der Waals surface area contributed by atoms with Crippen molar-refractivity contribution in [3.63, 3.8) is 0 Å². The molecule has 0 bridgehead atoms. The molecule has 5 nitrogen and oxygen atoms in total. The minimum Gasteiger partial charge on any atom is -0.496 e. The second-order valence-corrected chi connectivity index (χ2v) is 5.38. The van der Waals surface area contributed by atoms with Crippen molar-refractivity contribution in [1.29, 1.82) is 0 Å². The Labute approximate surface area is 135 Å². The summed E-state index contributed by atoms with van der Waals surface area (Å²) in [5.41, 5.74) is 8.03. The maximum atomic E-state index is 12.3. The van der Waals surface area contributed by atoms with Crippen LogP contribution in [0.3, 0.4) is 0 Å². The van der Waals surface area contributed by atoms with E-state index in [-0.39, 0.29) is 11.9 Å². The first-order valence-electron chi connectivity index (χ1n) is 7.27. The van der Waals surface area contributed by atoms with Crippen molar-refractivity contribution in [3.05, 3.63) is 64.7 Å². The number of aryl methyl sites for hydroxylation is 1. The first-order valence-corrected chi connectivity index (χ1v) is 7.27. The molecule has 2 aromatic carbocycles. The van der Waals surface area contributed by atoms with Crippen LogP contribution in [0, 0.1) is 6.92 Å². The predicted octanol–water partition coefficient (Wildman–Crippen LogP) is 2.59. The van der Waals surface area contributed by atoms with E-state index in [1.807, 2.05) is 32.0 Å². The van der Waals surface area contributed by atoms with Gasteiger partial charge in [0, 0.05) is 16.7 Å². The number of methoxy groups -OCH3 is 1. The number of ether oxygens (including phenoxy) is 1. The molecule has 2 amide bonds. The van der Waals surface area contributed by atoms with Crippen molar-refractivity contribution < 1.29 is 14.3 Å². The minimum atomic E-state index is -0.519. The van der Waals surface area contributed by atoms with Crippen LogP contribution in [-0.4, -0.2) is 18.9 Å². The zero-order chi connectivity index (χ0) is 17.0. The second-order valence-electron chi connectivity index (χ2n) is 5.38. The van der Waals surface area contributed by atoms with Crippen LogP contribution in [0.15, 0.2) is 42.5 Å². The SMILES string of the molecule is COc1ccc(C)cc1C(C)NC(=O)c1ccc(C(N)=O)cc1. The summed E-state index contributed by atoms with van der Waals surface area (Å²) in [5.74, 6) is -0.0145. The van der Waals surface area contributed by atoms with Crippen molar-refractivity contribution in [2.45, 2.75) is 19.9 Å². The number of amides is 2. The van der Waals surface area contributed by atoms with Crippen molar-refractivity contribution in [2.24, 2.45) is 5.73 Å². The molecule has 0 saturated heterocycles. The monoisotopic (exact) mass is 312 g/mol. The fourth-order valence-electron chi connectivity index (χ4n) is 2.34. The zero-order valence-corrected chi connectivity index (χ0v) is 13.4. The quantitative estimate of drug-likeness (QED) is 0.890. The number of carbonyl (C=O) groups is 2. The molecule has 0 spiro atoms. The molecule has 2 rings (SSSR count). The highest BCUT2D eigenvalue weighted by Crippen LogP contribution is 2.26. The molecule has 120 valence electrons. The number of carbonyl (C=O) groups excluding carboxylic acids is 2. The van der Waals surface area contributed by atoms with Gasteiger partial charge in [-0.2, -0.15) is 0 Å². The van der Waals surface area contributed by atoms with Crippen LogP contribution < -0.4 is 15.8 Å². The van der Waals surface area contributed by atoms with Gasteiger partial charge in [-0.3, -0.25) is 9.59 Å². The maximum Gasteiger partial charge on any atom is 0.251 e. The molecule has 0 saturated carbocycles. The van der Waals surface area contributed by atoms with E-state index in [0.717, 1.165) is 16.9 Å². The van der Waals surface area contributed by atoms with Gasteiger partial charge in [0.25, 0.3) is 5.91 Å². The van der Waals surface area contributed by atoms with Gasteiger partial charge in [-0.15, -0.1) is 0 Å². The van der Waals surface area contributed by atoms with E-state index in [1.54, 1.807) is 19.2 Å². The van der Waals surface area contributed by atoms with Gasteiger partial charge < -0.3 is 15.8 Å². The lowest BCUT2D eigenvalue weighted by atomic mass is 10.0. The molecule has 0 radical (unpaired) electrons. The van der Waals surface area contributed by atoms with E-state index >= 15 is 0 Å². The Hall–Kier alpha value is -2.82. The van der Waals surface area contributed by atoms with E-state index in [0.29, 0.717) is 11.1 Å². The Morgan fingerprint density at radius 1 is 1.09 bits per heavy atom. The molecule has 0 aliphatic rings. The fraction of sp³-hybridized carbons (Fsp3) is 0.222. The largest absolute Gasteiger partial charge is 0.496 e. The molecule has 2 aromatic rings. The van der Waals surface area contributed by atoms with Crippen molar-refractivity contribution in [1.82, 2.24) is 5.32 Å². The van der Waals surface area contributed by atoms with E-state index in [9.17, 15) is 9.59 Å². The molecule has 3 N–H and O–H groups in total. The molecule has 1 unspecified atom stereocenters. The fourth-order valence-corrected chi connectivity index (χ4v) is 2.34. The molecule has 0 aromatic heterocycles. The topological polar surface area (TPSA) is 81.4 Å². The van der Waals surface area contributed by atoms with Crippen LogP contribution >= 0.6 is 0 Å². The molecule has 23 heavy (non-hydrogen) atoms. The van der Waals surface area contributed by atoms with Crippen LogP contribution in [0.1, 0.15) is 44.8 Å². The summed E-state index contributed by atoms with van der Waals surface area (Å²) in [6.07, 6.45) is 0. The molecule has 0 heterocycles. The maximum absolute atomic E-state index is 12.3. The Bertz CT molecular complexity index is 724. The van der Waals surface area contributed by atoms with Gasteiger partial charge in [-0.1, -0.05) is 17.7 Å². The predicted molar refractivity (Wildman–Crippen MR) is 88.6 cm³/mol. The standard InChI is InChI=1S/C18H20N2O3/c1-11-4-9-16(23-3)15(10-11)12(2)20-18(22)14-7-5-13(6-8-14)17(19)21/h4-10,12H,1-3H3,(H2,19,21)(H,20,22). The number of benzene rings is 2. The van der Waals surface area contributed by atoms with Crippen molar-refractivity contribution in [3.8, 4) is 5.75 Å². The Balaban J connectivity index is 2.16. The number of primary amides is 1. The van der Waals surface area contributed by atoms with Crippen LogP contribution in [0.2, 0.25) is 0 Å². The minimum absolute atomic E-state index is 0.215. The lowest BCUT2D eigenvalue weighted by molar-refractivity contribution is 0.0937. The molecule has 0 aliphatic heterocycles. The zero-order valence-electron chi connectivity index (χ0n) is 13.4. The molecular weight excluding hydrogens is 292 g/mol. The first kappa shape index (κ1) is 16.5. The number of hydrogen-bond acceptors (Lipinski definition) is 3.